The molecule has 9 heteroatoms. The fraction of sp³-hybridized carbons (Fsp3) is 0.368. The van der Waals surface area contributed by atoms with Crippen LogP contribution in [-0.2, 0) is 4.79 Å². The van der Waals surface area contributed by atoms with Crippen LogP contribution in [0.2, 0.25) is 0 Å². The van der Waals surface area contributed by atoms with Gasteiger partial charge < -0.3 is 24.6 Å². The third-order valence-corrected chi connectivity index (χ3v) is 4.54. The summed E-state index contributed by atoms with van der Waals surface area (Å²) in [5.41, 5.74) is 0.764. The van der Waals surface area contributed by atoms with Gasteiger partial charge in [0.05, 0.1) is 19.9 Å². The van der Waals surface area contributed by atoms with Gasteiger partial charge in [-0.1, -0.05) is 0 Å². The minimum absolute atomic E-state index is 0.0575. The van der Waals surface area contributed by atoms with E-state index in [1.165, 1.54) is 7.11 Å². The number of nitrogens with zero attached hydrogens (tertiary/aromatic N) is 4. The minimum atomic E-state index is -0.366. The van der Waals surface area contributed by atoms with Crippen molar-refractivity contribution in [2.24, 2.45) is 0 Å². The van der Waals surface area contributed by atoms with Crippen molar-refractivity contribution in [3.05, 3.63) is 36.2 Å². The molecule has 9 nitrogen and oxygen atoms in total. The molecule has 0 bridgehead atoms. The van der Waals surface area contributed by atoms with Crippen LogP contribution in [0.4, 0.5) is 11.6 Å². The molecule has 2 aromatic rings. The maximum atomic E-state index is 12.7. The van der Waals surface area contributed by atoms with E-state index >= 15 is 0 Å². The lowest BCUT2D eigenvalue weighted by atomic mass is 10.2. The minimum Gasteiger partial charge on any atom is -0.497 e. The van der Waals surface area contributed by atoms with E-state index in [0.29, 0.717) is 49.3 Å². The van der Waals surface area contributed by atoms with Crippen LogP contribution in [0.3, 0.4) is 0 Å². The topological polar surface area (TPSA) is 96.9 Å². The molecule has 1 aromatic carbocycles. The van der Waals surface area contributed by atoms with Gasteiger partial charge in [-0.3, -0.25) is 9.59 Å². The lowest BCUT2D eigenvalue weighted by molar-refractivity contribution is -0.129. The zero-order chi connectivity index (χ0) is 20.1. The lowest BCUT2D eigenvalue weighted by Gasteiger charge is -2.34. The zero-order valence-corrected chi connectivity index (χ0v) is 16.1. The van der Waals surface area contributed by atoms with E-state index in [1.54, 1.807) is 49.4 Å². The highest BCUT2D eigenvalue weighted by molar-refractivity contribution is 6.03. The number of piperazine rings is 1. The van der Waals surface area contributed by atoms with Crippen LogP contribution in [0.15, 0.2) is 30.5 Å². The van der Waals surface area contributed by atoms with E-state index in [1.807, 2.05) is 4.90 Å². The fourth-order valence-corrected chi connectivity index (χ4v) is 2.94. The smallest absolute Gasteiger partial charge is 0.274 e. The first-order valence-corrected chi connectivity index (χ1v) is 8.88. The maximum absolute atomic E-state index is 12.7. The monoisotopic (exact) mass is 385 g/mol. The first-order valence-electron chi connectivity index (χ1n) is 8.88. The molecule has 1 aliphatic rings. The van der Waals surface area contributed by atoms with Gasteiger partial charge in [-0.05, 0) is 18.2 Å². The van der Waals surface area contributed by atoms with Crippen LogP contribution >= 0.6 is 0 Å². The van der Waals surface area contributed by atoms with Gasteiger partial charge in [-0.25, -0.2) is 9.97 Å². The Morgan fingerprint density at radius 2 is 1.82 bits per heavy atom. The molecule has 0 saturated carbocycles. The summed E-state index contributed by atoms with van der Waals surface area (Å²) < 4.78 is 10.5. The van der Waals surface area contributed by atoms with E-state index in [4.69, 9.17) is 9.47 Å². The molecule has 0 atom stereocenters. The Bertz CT molecular complexity index is 865. The molecule has 1 saturated heterocycles. The van der Waals surface area contributed by atoms with Crippen molar-refractivity contribution < 1.29 is 19.1 Å². The van der Waals surface area contributed by atoms with E-state index in [9.17, 15) is 9.59 Å². The van der Waals surface area contributed by atoms with Crippen LogP contribution < -0.4 is 19.7 Å². The second kappa shape index (κ2) is 8.55. The second-order valence-electron chi connectivity index (χ2n) is 6.26. The first-order chi connectivity index (χ1) is 13.5. The van der Waals surface area contributed by atoms with Crippen molar-refractivity contribution in [2.75, 3.05) is 50.6 Å². The third kappa shape index (κ3) is 4.30. The fourth-order valence-electron chi connectivity index (χ4n) is 2.94. The number of amides is 2. The predicted octanol–water partition coefficient (Wildman–Crippen LogP) is 1.41. The number of benzene rings is 1. The van der Waals surface area contributed by atoms with Gasteiger partial charge >= 0.3 is 0 Å². The molecule has 1 aliphatic heterocycles. The Balaban J connectivity index is 1.72. The summed E-state index contributed by atoms with van der Waals surface area (Å²) in [7, 11) is 3.08. The quantitative estimate of drug-likeness (QED) is 0.831. The molecule has 1 fully saturated rings. The van der Waals surface area contributed by atoms with Crippen LogP contribution in [0.1, 0.15) is 17.4 Å². The Hall–Kier alpha value is -3.36. The number of nitrogens with one attached hydrogen (secondary N) is 1. The summed E-state index contributed by atoms with van der Waals surface area (Å²) in [6.45, 7) is 4.02. The largest absolute Gasteiger partial charge is 0.497 e. The van der Waals surface area contributed by atoms with E-state index in [2.05, 4.69) is 15.3 Å². The van der Waals surface area contributed by atoms with Crippen LogP contribution in [0.5, 0.6) is 11.5 Å². The average Bonchev–Trinajstić information content (AvgIpc) is 2.74. The van der Waals surface area contributed by atoms with Gasteiger partial charge in [0.15, 0.2) is 0 Å². The summed E-state index contributed by atoms with van der Waals surface area (Å²) in [5.74, 6) is 1.28. The second-order valence-corrected chi connectivity index (χ2v) is 6.26. The number of carbonyl (C=O) groups is 2. The zero-order valence-electron chi connectivity index (χ0n) is 16.1. The SMILES string of the molecule is COc1ccc(NC(=O)c2ccnc(N3CCN(C(C)=O)CC3)n2)c(OC)c1. The number of aromatic nitrogens is 2. The Morgan fingerprint density at radius 3 is 2.46 bits per heavy atom. The standard InChI is InChI=1S/C19H23N5O4/c1-13(25)23-8-10-24(11-9-23)19-20-7-6-16(22-19)18(26)21-15-5-4-14(27-2)12-17(15)28-3/h4-7,12H,8-11H2,1-3H3,(H,21,26). The van der Waals surface area contributed by atoms with Crippen LogP contribution in [0.25, 0.3) is 0 Å². The molecular formula is C19H23N5O4. The van der Waals surface area contributed by atoms with E-state index in [0.717, 1.165) is 0 Å². The molecule has 0 aliphatic carbocycles. The molecule has 2 amide bonds. The van der Waals surface area contributed by atoms with Gasteiger partial charge in [0.1, 0.15) is 17.2 Å². The number of carbonyl (C=O) groups excluding carboxylic acids is 2. The van der Waals surface area contributed by atoms with Crippen molar-refractivity contribution >= 4 is 23.5 Å². The van der Waals surface area contributed by atoms with Crippen molar-refractivity contribution in [1.29, 1.82) is 0 Å². The highest BCUT2D eigenvalue weighted by Crippen LogP contribution is 2.29. The summed E-state index contributed by atoms with van der Waals surface area (Å²) in [6, 6.07) is 6.69. The van der Waals surface area contributed by atoms with Crippen molar-refractivity contribution in [2.45, 2.75) is 6.92 Å². The number of rotatable bonds is 5. The van der Waals surface area contributed by atoms with Crippen LogP contribution in [0, 0.1) is 0 Å². The van der Waals surface area contributed by atoms with Gasteiger partial charge in [0.2, 0.25) is 11.9 Å². The summed E-state index contributed by atoms with van der Waals surface area (Å²) in [6.07, 6.45) is 1.56. The Labute approximate surface area is 163 Å². The van der Waals surface area contributed by atoms with Crippen molar-refractivity contribution in [1.82, 2.24) is 14.9 Å². The van der Waals surface area contributed by atoms with Gasteiger partial charge in [0, 0.05) is 45.4 Å². The molecule has 2 heterocycles. The van der Waals surface area contributed by atoms with Gasteiger partial charge in [-0.15, -0.1) is 0 Å². The Kier molecular flexibility index (Phi) is 5.93. The molecule has 1 aromatic heterocycles. The Morgan fingerprint density at radius 1 is 1.07 bits per heavy atom. The molecule has 28 heavy (non-hydrogen) atoms. The number of hydrogen-bond acceptors (Lipinski definition) is 7. The van der Waals surface area contributed by atoms with Gasteiger partial charge in [-0.2, -0.15) is 0 Å². The molecule has 0 radical (unpaired) electrons. The number of methoxy groups -OCH3 is 2. The highest BCUT2D eigenvalue weighted by Gasteiger charge is 2.21. The molecule has 1 N–H and O–H groups in total. The van der Waals surface area contributed by atoms with Crippen LogP contribution in [-0.4, -0.2) is 67.1 Å². The summed E-state index contributed by atoms with van der Waals surface area (Å²) >= 11 is 0. The van der Waals surface area contributed by atoms with E-state index in [-0.39, 0.29) is 17.5 Å². The molecule has 0 spiro atoms. The maximum Gasteiger partial charge on any atom is 0.274 e. The normalized spacial score (nSPS) is 13.8. The molecule has 148 valence electrons. The lowest BCUT2D eigenvalue weighted by Crippen LogP contribution is -2.48. The number of ether oxygens (including phenoxy) is 2. The highest BCUT2D eigenvalue weighted by atomic mass is 16.5. The van der Waals surface area contributed by atoms with E-state index < -0.39 is 0 Å². The van der Waals surface area contributed by atoms with Crippen molar-refractivity contribution in [3.63, 3.8) is 0 Å². The predicted molar refractivity (Wildman–Crippen MR) is 104 cm³/mol. The third-order valence-electron chi connectivity index (χ3n) is 4.54. The van der Waals surface area contributed by atoms with Gasteiger partial charge in [0.25, 0.3) is 5.91 Å². The number of hydrogen-bond donors (Lipinski definition) is 1. The summed E-state index contributed by atoms with van der Waals surface area (Å²) in [5, 5.41) is 2.80. The molecule has 0 unspecified atom stereocenters. The first kappa shape index (κ1) is 19.4. The molecule has 3 rings (SSSR count). The number of anilines is 2. The average molecular weight is 385 g/mol. The van der Waals surface area contributed by atoms with Crippen molar-refractivity contribution in [3.8, 4) is 11.5 Å². The summed E-state index contributed by atoms with van der Waals surface area (Å²) in [4.78, 5) is 36.5. The molecular weight excluding hydrogens is 362 g/mol.